The molecule has 2 heterocycles. The molecule has 1 atom stereocenters. The normalized spacial score (nSPS) is 16.1. The molecule has 118 valence electrons. The lowest BCUT2D eigenvalue weighted by molar-refractivity contribution is -0.122. The highest BCUT2D eigenvalue weighted by atomic mass is 32.1. The van der Waals surface area contributed by atoms with E-state index in [-0.39, 0.29) is 17.6 Å². The molecule has 3 rings (SSSR count). The van der Waals surface area contributed by atoms with Crippen LogP contribution >= 0.6 is 11.3 Å². The molecule has 2 aromatic rings. The standard InChI is InChI=1S/C16H14N2O4S/c1-8(19)13-5-6-14(23-13)16(21)17-10-3-4-12-11(7-10)18-15(20)9(2)22-12/h3-7,9H,1-2H3,(H,17,21)(H,18,20)/t9-/m1/s1. The topological polar surface area (TPSA) is 84.5 Å². The summed E-state index contributed by atoms with van der Waals surface area (Å²) >= 11 is 1.14. The number of hydrogen-bond acceptors (Lipinski definition) is 5. The van der Waals surface area contributed by atoms with Crippen LogP contribution in [0.25, 0.3) is 0 Å². The zero-order valence-electron chi connectivity index (χ0n) is 12.5. The molecule has 23 heavy (non-hydrogen) atoms. The molecule has 0 saturated heterocycles. The van der Waals surface area contributed by atoms with Gasteiger partial charge in [0.25, 0.3) is 11.8 Å². The first-order chi connectivity index (χ1) is 10.9. The van der Waals surface area contributed by atoms with Crippen LogP contribution in [-0.4, -0.2) is 23.7 Å². The lowest BCUT2D eigenvalue weighted by Gasteiger charge is -2.23. The molecule has 0 fully saturated rings. The van der Waals surface area contributed by atoms with Crippen molar-refractivity contribution < 1.29 is 19.1 Å². The summed E-state index contributed by atoms with van der Waals surface area (Å²) in [5.41, 5.74) is 1.05. The highest BCUT2D eigenvalue weighted by Crippen LogP contribution is 2.32. The Labute approximate surface area is 136 Å². The second kappa shape index (κ2) is 5.85. The van der Waals surface area contributed by atoms with E-state index < -0.39 is 6.10 Å². The maximum absolute atomic E-state index is 12.2. The minimum atomic E-state index is -0.543. The van der Waals surface area contributed by atoms with Gasteiger partial charge >= 0.3 is 0 Å². The van der Waals surface area contributed by atoms with Crippen molar-refractivity contribution in [2.24, 2.45) is 0 Å². The average Bonchev–Trinajstić information content (AvgIpc) is 2.99. The third-order valence-corrected chi connectivity index (χ3v) is 4.53. The Morgan fingerprint density at radius 1 is 1.22 bits per heavy atom. The molecule has 0 unspecified atom stereocenters. The van der Waals surface area contributed by atoms with Crippen molar-refractivity contribution in [1.82, 2.24) is 0 Å². The quantitative estimate of drug-likeness (QED) is 0.848. The van der Waals surface area contributed by atoms with Gasteiger partial charge in [-0.3, -0.25) is 14.4 Å². The first kappa shape index (κ1) is 15.2. The summed E-state index contributed by atoms with van der Waals surface area (Å²) in [6, 6.07) is 8.26. The number of carbonyl (C=O) groups is 3. The highest BCUT2D eigenvalue weighted by Gasteiger charge is 2.23. The van der Waals surface area contributed by atoms with E-state index in [1.165, 1.54) is 6.92 Å². The van der Waals surface area contributed by atoms with Gasteiger partial charge in [0, 0.05) is 5.69 Å². The molecular formula is C16H14N2O4S. The van der Waals surface area contributed by atoms with Crippen molar-refractivity contribution in [2.45, 2.75) is 20.0 Å². The number of rotatable bonds is 3. The number of amides is 2. The Hall–Kier alpha value is -2.67. The molecule has 7 heteroatoms. The summed E-state index contributed by atoms with van der Waals surface area (Å²) in [4.78, 5) is 36.1. The summed E-state index contributed by atoms with van der Waals surface area (Å²) in [5, 5.41) is 5.46. The number of nitrogens with one attached hydrogen (secondary N) is 2. The summed E-state index contributed by atoms with van der Waals surface area (Å²) < 4.78 is 5.46. The zero-order chi connectivity index (χ0) is 16.6. The third-order valence-electron chi connectivity index (χ3n) is 3.35. The Morgan fingerprint density at radius 3 is 2.65 bits per heavy atom. The zero-order valence-corrected chi connectivity index (χ0v) is 13.3. The summed E-state index contributed by atoms with van der Waals surface area (Å²) in [6.45, 7) is 3.12. The number of hydrogen-bond donors (Lipinski definition) is 2. The number of anilines is 2. The maximum atomic E-state index is 12.2. The molecule has 0 bridgehead atoms. The second-order valence-electron chi connectivity index (χ2n) is 5.13. The number of Topliss-reactive ketones (excluding diaryl/α,β-unsaturated/α-hetero) is 1. The first-order valence-corrected chi connectivity index (χ1v) is 7.79. The fourth-order valence-corrected chi connectivity index (χ4v) is 2.92. The minimum absolute atomic E-state index is 0.0724. The van der Waals surface area contributed by atoms with Crippen LogP contribution in [0, 0.1) is 0 Å². The molecule has 0 aliphatic carbocycles. The predicted molar refractivity (Wildman–Crippen MR) is 87.4 cm³/mol. The number of fused-ring (bicyclic) bond motifs is 1. The number of carbonyl (C=O) groups excluding carboxylic acids is 3. The maximum Gasteiger partial charge on any atom is 0.265 e. The monoisotopic (exact) mass is 330 g/mol. The van der Waals surface area contributed by atoms with Crippen molar-refractivity contribution in [1.29, 1.82) is 0 Å². The van der Waals surface area contributed by atoms with Crippen molar-refractivity contribution in [3.05, 3.63) is 40.1 Å². The number of ketones is 1. The van der Waals surface area contributed by atoms with Crippen LogP contribution in [0.2, 0.25) is 0 Å². The van der Waals surface area contributed by atoms with Crippen molar-refractivity contribution in [3.63, 3.8) is 0 Å². The molecule has 1 aliphatic heterocycles. The van der Waals surface area contributed by atoms with Crippen LogP contribution in [0.15, 0.2) is 30.3 Å². The predicted octanol–water partition coefficient (Wildman–Crippen LogP) is 2.92. The van der Waals surface area contributed by atoms with E-state index in [1.807, 2.05) is 0 Å². The Kier molecular flexibility index (Phi) is 3.87. The van der Waals surface area contributed by atoms with Gasteiger partial charge in [-0.05, 0) is 44.2 Å². The van der Waals surface area contributed by atoms with Crippen LogP contribution in [0.1, 0.15) is 33.2 Å². The molecule has 0 saturated carbocycles. The van der Waals surface area contributed by atoms with Crippen LogP contribution < -0.4 is 15.4 Å². The lowest BCUT2D eigenvalue weighted by Crippen LogP contribution is -2.34. The van der Waals surface area contributed by atoms with Gasteiger partial charge < -0.3 is 15.4 Å². The lowest BCUT2D eigenvalue weighted by atomic mass is 10.2. The van der Waals surface area contributed by atoms with Gasteiger partial charge in [0.1, 0.15) is 5.75 Å². The van der Waals surface area contributed by atoms with Gasteiger partial charge in [0.15, 0.2) is 11.9 Å². The molecule has 0 spiro atoms. The van der Waals surface area contributed by atoms with E-state index in [0.29, 0.717) is 26.9 Å². The Morgan fingerprint density at radius 2 is 1.96 bits per heavy atom. The van der Waals surface area contributed by atoms with Gasteiger partial charge in [-0.15, -0.1) is 11.3 Å². The van der Waals surface area contributed by atoms with E-state index in [0.717, 1.165) is 11.3 Å². The van der Waals surface area contributed by atoms with E-state index in [2.05, 4.69) is 10.6 Å². The van der Waals surface area contributed by atoms with E-state index >= 15 is 0 Å². The minimum Gasteiger partial charge on any atom is -0.479 e. The molecule has 1 aromatic heterocycles. The number of thiophene rings is 1. The fourth-order valence-electron chi connectivity index (χ4n) is 2.13. The number of ether oxygens (including phenoxy) is 1. The van der Waals surface area contributed by atoms with Crippen molar-refractivity contribution in [3.8, 4) is 5.75 Å². The smallest absolute Gasteiger partial charge is 0.265 e. The number of benzene rings is 1. The van der Waals surface area contributed by atoms with Crippen LogP contribution in [-0.2, 0) is 4.79 Å². The van der Waals surface area contributed by atoms with Gasteiger partial charge in [-0.25, -0.2) is 0 Å². The largest absolute Gasteiger partial charge is 0.479 e. The second-order valence-corrected chi connectivity index (χ2v) is 6.22. The first-order valence-electron chi connectivity index (χ1n) is 6.98. The molecule has 6 nitrogen and oxygen atoms in total. The summed E-state index contributed by atoms with van der Waals surface area (Å²) in [6.07, 6.45) is -0.543. The van der Waals surface area contributed by atoms with Gasteiger partial charge in [0.05, 0.1) is 15.4 Å². The van der Waals surface area contributed by atoms with Crippen LogP contribution in [0.5, 0.6) is 5.75 Å². The fraction of sp³-hybridized carbons (Fsp3) is 0.188. The Bertz CT molecular complexity index is 812. The summed E-state index contributed by atoms with van der Waals surface area (Å²) in [5.74, 6) is -0.0499. The highest BCUT2D eigenvalue weighted by molar-refractivity contribution is 7.16. The Balaban J connectivity index is 1.78. The van der Waals surface area contributed by atoms with Gasteiger partial charge in [0.2, 0.25) is 0 Å². The molecule has 1 aliphatic rings. The third kappa shape index (κ3) is 3.09. The molecule has 0 radical (unpaired) electrons. The molecular weight excluding hydrogens is 316 g/mol. The SMILES string of the molecule is CC(=O)c1ccc(C(=O)Nc2ccc3c(c2)NC(=O)[C@@H](C)O3)s1. The van der Waals surface area contributed by atoms with Gasteiger partial charge in [-0.1, -0.05) is 0 Å². The summed E-state index contributed by atoms with van der Waals surface area (Å²) in [7, 11) is 0. The van der Waals surface area contributed by atoms with Gasteiger partial charge in [-0.2, -0.15) is 0 Å². The average molecular weight is 330 g/mol. The van der Waals surface area contributed by atoms with E-state index in [4.69, 9.17) is 4.74 Å². The molecule has 1 aromatic carbocycles. The molecule has 2 amide bonds. The molecule has 2 N–H and O–H groups in total. The van der Waals surface area contributed by atoms with Crippen molar-refractivity contribution in [2.75, 3.05) is 10.6 Å². The van der Waals surface area contributed by atoms with E-state index in [1.54, 1.807) is 37.3 Å². The van der Waals surface area contributed by atoms with Crippen LogP contribution in [0.3, 0.4) is 0 Å². The van der Waals surface area contributed by atoms with E-state index in [9.17, 15) is 14.4 Å². The van der Waals surface area contributed by atoms with Crippen LogP contribution in [0.4, 0.5) is 11.4 Å². The van der Waals surface area contributed by atoms with Crippen molar-refractivity contribution >= 4 is 40.3 Å².